The van der Waals surface area contributed by atoms with E-state index < -0.39 is 10.0 Å². The smallest absolute Gasteiger partial charge is 0.238 e. The summed E-state index contributed by atoms with van der Waals surface area (Å²) in [5.74, 6) is 0. The number of aryl methyl sites for hydroxylation is 1. The van der Waals surface area contributed by atoms with Gasteiger partial charge in [0.25, 0.3) is 0 Å². The molecular formula is C21H27N3O2S. The fraction of sp³-hybridized carbons (Fsp3) is 0.286. The zero-order valence-corrected chi connectivity index (χ0v) is 16.7. The Morgan fingerprint density at radius 2 is 1.85 bits per heavy atom. The van der Waals surface area contributed by atoms with Gasteiger partial charge in [0.15, 0.2) is 0 Å². The van der Waals surface area contributed by atoms with E-state index in [-0.39, 0.29) is 4.90 Å². The molecule has 2 aromatic carbocycles. The van der Waals surface area contributed by atoms with Gasteiger partial charge in [-0.2, -0.15) is 0 Å². The number of pyridine rings is 1. The molecule has 5 nitrogen and oxygen atoms in total. The number of nitrogens with zero attached hydrogens (tertiary/aromatic N) is 1. The van der Waals surface area contributed by atoms with Gasteiger partial charge in [-0.25, -0.2) is 13.6 Å². The molecule has 0 bridgehead atoms. The van der Waals surface area contributed by atoms with E-state index in [0.29, 0.717) is 0 Å². The molecule has 0 fully saturated rings. The molecule has 3 aromatic rings. The molecule has 0 spiro atoms. The first-order chi connectivity index (χ1) is 12.9. The van der Waals surface area contributed by atoms with Crippen molar-refractivity contribution in [2.75, 3.05) is 13.1 Å². The second-order valence-electron chi connectivity index (χ2n) is 6.42. The first-order valence-electron chi connectivity index (χ1n) is 9.03. The molecule has 0 unspecified atom stereocenters. The summed E-state index contributed by atoms with van der Waals surface area (Å²) in [6, 6.07) is 15.2. The van der Waals surface area contributed by atoms with Gasteiger partial charge < -0.3 is 5.32 Å². The molecule has 0 atom stereocenters. The van der Waals surface area contributed by atoms with Crippen LogP contribution in [0.3, 0.4) is 0 Å². The topological polar surface area (TPSA) is 85.1 Å². The summed E-state index contributed by atoms with van der Waals surface area (Å²) >= 11 is 0. The molecule has 3 rings (SSSR count). The van der Waals surface area contributed by atoms with Crippen LogP contribution in [0.2, 0.25) is 0 Å². The highest BCUT2D eigenvalue weighted by molar-refractivity contribution is 7.89. The number of aromatic nitrogens is 1. The summed E-state index contributed by atoms with van der Waals surface area (Å²) in [6.07, 6.45) is 5.63. The second kappa shape index (κ2) is 10.2. The van der Waals surface area contributed by atoms with Crippen molar-refractivity contribution in [3.63, 3.8) is 0 Å². The standard InChI is InChI=1S/C12H19N.C9H8N2O2S/c1-3-8-13-9-7-12-6-4-5-11(2)10-12;10-14(12,13)9-2-1-8-6-11-4-3-7(8)5-9/h4-6,10,13H,3,7-9H2,1-2H3;1-6H,(H2,10,12,13). The lowest BCUT2D eigenvalue weighted by Gasteiger charge is -2.03. The SMILES string of the molecule is CCCNCCc1cccc(C)c1.NS(=O)(=O)c1ccc2cnccc2c1. The van der Waals surface area contributed by atoms with Gasteiger partial charge in [-0.3, -0.25) is 4.98 Å². The van der Waals surface area contributed by atoms with Crippen LogP contribution in [0.4, 0.5) is 0 Å². The van der Waals surface area contributed by atoms with Crippen LogP contribution in [0.15, 0.2) is 65.8 Å². The molecule has 0 aliphatic carbocycles. The monoisotopic (exact) mass is 385 g/mol. The van der Waals surface area contributed by atoms with Gasteiger partial charge in [0.2, 0.25) is 10.0 Å². The van der Waals surface area contributed by atoms with E-state index >= 15 is 0 Å². The van der Waals surface area contributed by atoms with Gasteiger partial charge in [0, 0.05) is 17.8 Å². The number of fused-ring (bicyclic) bond motifs is 1. The Morgan fingerprint density at radius 3 is 2.56 bits per heavy atom. The quantitative estimate of drug-likeness (QED) is 0.637. The Bertz CT molecular complexity index is 972. The summed E-state index contributed by atoms with van der Waals surface area (Å²) in [5.41, 5.74) is 2.79. The first kappa shape index (κ1) is 21.0. The van der Waals surface area contributed by atoms with E-state index in [0.717, 1.165) is 30.3 Å². The number of hydrogen-bond acceptors (Lipinski definition) is 4. The minimum Gasteiger partial charge on any atom is -0.316 e. The first-order valence-corrected chi connectivity index (χ1v) is 10.6. The summed E-state index contributed by atoms with van der Waals surface area (Å²) < 4.78 is 22.1. The number of sulfonamides is 1. The Kier molecular flexibility index (Phi) is 7.91. The van der Waals surface area contributed by atoms with Crippen molar-refractivity contribution in [1.29, 1.82) is 0 Å². The van der Waals surface area contributed by atoms with Crippen LogP contribution in [-0.4, -0.2) is 26.5 Å². The van der Waals surface area contributed by atoms with Gasteiger partial charge in [-0.15, -0.1) is 0 Å². The molecule has 0 radical (unpaired) electrons. The molecule has 0 saturated carbocycles. The van der Waals surface area contributed by atoms with E-state index in [1.807, 2.05) is 0 Å². The lowest BCUT2D eigenvalue weighted by molar-refractivity contribution is 0.598. The Morgan fingerprint density at radius 1 is 1.04 bits per heavy atom. The van der Waals surface area contributed by atoms with E-state index in [4.69, 9.17) is 5.14 Å². The Balaban J connectivity index is 0.000000194. The van der Waals surface area contributed by atoms with Crippen molar-refractivity contribution < 1.29 is 8.42 Å². The summed E-state index contributed by atoms with van der Waals surface area (Å²) in [4.78, 5) is 4.05. The molecule has 0 aliphatic rings. The van der Waals surface area contributed by atoms with E-state index in [1.54, 1.807) is 24.5 Å². The molecular weight excluding hydrogens is 358 g/mol. The van der Waals surface area contributed by atoms with Crippen LogP contribution < -0.4 is 10.5 Å². The fourth-order valence-electron chi connectivity index (χ4n) is 2.64. The maximum atomic E-state index is 11.0. The average Bonchev–Trinajstić information content (AvgIpc) is 2.65. The van der Waals surface area contributed by atoms with Crippen molar-refractivity contribution in [1.82, 2.24) is 10.3 Å². The van der Waals surface area contributed by atoms with Crippen molar-refractivity contribution >= 4 is 20.8 Å². The van der Waals surface area contributed by atoms with E-state index in [9.17, 15) is 8.42 Å². The summed E-state index contributed by atoms with van der Waals surface area (Å²) in [5, 5.41) is 10.1. The third kappa shape index (κ3) is 7.09. The number of rotatable bonds is 6. The van der Waals surface area contributed by atoms with Gasteiger partial charge in [-0.05, 0) is 62.0 Å². The zero-order valence-electron chi connectivity index (χ0n) is 15.9. The summed E-state index contributed by atoms with van der Waals surface area (Å²) in [6.45, 7) is 6.56. The molecule has 1 aromatic heterocycles. The minimum atomic E-state index is -3.61. The van der Waals surface area contributed by atoms with E-state index in [2.05, 4.69) is 48.4 Å². The number of hydrogen-bond donors (Lipinski definition) is 2. The highest BCUT2D eigenvalue weighted by Gasteiger charge is 2.07. The van der Waals surface area contributed by atoms with Gasteiger partial charge in [-0.1, -0.05) is 42.8 Å². The van der Waals surface area contributed by atoms with Crippen LogP contribution in [0.25, 0.3) is 10.8 Å². The maximum absolute atomic E-state index is 11.0. The lowest BCUT2D eigenvalue weighted by atomic mass is 10.1. The largest absolute Gasteiger partial charge is 0.316 e. The molecule has 0 aliphatic heterocycles. The van der Waals surface area contributed by atoms with Gasteiger partial charge in [0.1, 0.15) is 0 Å². The molecule has 6 heteroatoms. The third-order valence-corrected chi connectivity index (χ3v) is 4.95. The molecule has 1 heterocycles. The Hall–Kier alpha value is -2.28. The Labute approximate surface area is 161 Å². The van der Waals surface area contributed by atoms with Crippen LogP contribution in [0.1, 0.15) is 24.5 Å². The zero-order chi connectivity index (χ0) is 19.7. The van der Waals surface area contributed by atoms with E-state index in [1.165, 1.54) is 29.7 Å². The normalized spacial score (nSPS) is 11.1. The second-order valence-corrected chi connectivity index (χ2v) is 7.98. The molecule has 27 heavy (non-hydrogen) atoms. The number of primary sulfonamides is 1. The highest BCUT2D eigenvalue weighted by Crippen LogP contribution is 2.16. The molecule has 3 N–H and O–H groups in total. The molecule has 144 valence electrons. The highest BCUT2D eigenvalue weighted by atomic mass is 32.2. The number of nitrogens with one attached hydrogen (secondary N) is 1. The van der Waals surface area contributed by atoms with Crippen molar-refractivity contribution in [2.24, 2.45) is 5.14 Å². The maximum Gasteiger partial charge on any atom is 0.238 e. The molecule has 0 amide bonds. The lowest BCUT2D eigenvalue weighted by Crippen LogP contribution is -2.17. The third-order valence-electron chi connectivity index (χ3n) is 4.04. The van der Waals surface area contributed by atoms with Crippen LogP contribution >= 0.6 is 0 Å². The molecule has 0 saturated heterocycles. The van der Waals surface area contributed by atoms with Crippen molar-refractivity contribution in [3.8, 4) is 0 Å². The predicted molar refractivity (Wildman–Crippen MR) is 111 cm³/mol. The van der Waals surface area contributed by atoms with Gasteiger partial charge in [0.05, 0.1) is 4.90 Å². The number of benzene rings is 2. The van der Waals surface area contributed by atoms with Crippen LogP contribution in [-0.2, 0) is 16.4 Å². The summed E-state index contributed by atoms with van der Waals surface area (Å²) in [7, 11) is -3.61. The van der Waals surface area contributed by atoms with Crippen molar-refractivity contribution in [3.05, 3.63) is 72.1 Å². The fourth-order valence-corrected chi connectivity index (χ4v) is 3.19. The average molecular weight is 386 g/mol. The predicted octanol–water partition coefficient (Wildman–Crippen LogP) is 3.42. The van der Waals surface area contributed by atoms with Crippen LogP contribution in [0.5, 0.6) is 0 Å². The minimum absolute atomic E-state index is 0.121. The van der Waals surface area contributed by atoms with Crippen LogP contribution in [0, 0.1) is 6.92 Å². The van der Waals surface area contributed by atoms with Gasteiger partial charge >= 0.3 is 0 Å². The number of nitrogens with two attached hydrogens (primary N) is 1. The van der Waals surface area contributed by atoms with Crippen molar-refractivity contribution in [2.45, 2.75) is 31.6 Å².